The fraction of sp³-hybridized carbons (Fsp3) is 0.500. The van der Waals surface area contributed by atoms with E-state index in [1.54, 1.807) is 6.20 Å². The molecule has 0 atom stereocenters. The van der Waals surface area contributed by atoms with E-state index in [-0.39, 0.29) is 0 Å². The largest absolute Gasteiger partial charge is 0.360 e. The second-order valence-corrected chi connectivity index (χ2v) is 9.34. The van der Waals surface area contributed by atoms with Gasteiger partial charge in [-0.05, 0) is 70.1 Å². The van der Waals surface area contributed by atoms with Crippen molar-refractivity contribution in [1.82, 2.24) is 25.6 Å². The van der Waals surface area contributed by atoms with Gasteiger partial charge in [-0.1, -0.05) is 29.8 Å². The molecular formula is C24H31ClN6. The van der Waals surface area contributed by atoms with Crippen LogP contribution in [0.5, 0.6) is 0 Å². The highest BCUT2D eigenvalue weighted by atomic mass is 35.5. The highest BCUT2D eigenvalue weighted by Gasteiger charge is 2.23. The number of H-pyrrole nitrogens is 1. The predicted octanol–water partition coefficient (Wildman–Crippen LogP) is 4.59. The van der Waals surface area contributed by atoms with Gasteiger partial charge in [0.2, 0.25) is 5.95 Å². The number of nitrogens with zero attached hydrogens (tertiary/aromatic N) is 2. The van der Waals surface area contributed by atoms with E-state index < -0.39 is 0 Å². The number of para-hydroxylation sites is 1. The number of fused-ring (bicyclic) bond motifs is 1. The number of anilines is 1. The van der Waals surface area contributed by atoms with Gasteiger partial charge in [-0.3, -0.25) is 0 Å². The lowest BCUT2D eigenvalue weighted by Gasteiger charge is -2.31. The van der Waals surface area contributed by atoms with E-state index in [0.717, 1.165) is 40.9 Å². The van der Waals surface area contributed by atoms with E-state index >= 15 is 0 Å². The molecule has 1 aromatic carbocycles. The molecule has 0 bridgehead atoms. The van der Waals surface area contributed by atoms with Gasteiger partial charge in [0, 0.05) is 34.7 Å². The van der Waals surface area contributed by atoms with Gasteiger partial charge in [0.05, 0.1) is 16.9 Å². The Morgan fingerprint density at radius 3 is 2.61 bits per heavy atom. The third kappa shape index (κ3) is 4.86. The molecule has 6 nitrogen and oxygen atoms in total. The molecule has 5 rings (SSSR count). The smallest absolute Gasteiger partial charge is 0.223 e. The van der Waals surface area contributed by atoms with Gasteiger partial charge in [0.25, 0.3) is 0 Å². The van der Waals surface area contributed by atoms with Crippen molar-refractivity contribution < 1.29 is 0 Å². The van der Waals surface area contributed by atoms with Gasteiger partial charge in [-0.25, -0.2) is 9.97 Å². The van der Waals surface area contributed by atoms with E-state index in [4.69, 9.17) is 16.6 Å². The number of hydrogen-bond donors (Lipinski definition) is 4. The number of hydrogen-bond acceptors (Lipinski definition) is 5. The van der Waals surface area contributed by atoms with Crippen molar-refractivity contribution in [2.24, 2.45) is 5.92 Å². The quantitative estimate of drug-likeness (QED) is 0.452. The van der Waals surface area contributed by atoms with Crippen LogP contribution >= 0.6 is 11.6 Å². The number of aromatic amines is 1. The van der Waals surface area contributed by atoms with Gasteiger partial charge in [-0.15, -0.1) is 0 Å². The zero-order valence-electron chi connectivity index (χ0n) is 17.8. The van der Waals surface area contributed by atoms with Gasteiger partial charge < -0.3 is 20.9 Å². The summed E-state index contributed by atoms with van der Waals surface area (Å²) in [5.41, 5.74) is 2.86. The zero-order chi connectivity index (χ0) is 21.0. The average Bonchev–Trinajstić information content (AvgIpc) is 3.25. The molecule has 0 unspecified atom stereocenters. The predicted molar refractivity (Wildman–Crippen MR) is 128 cm³/mol. The summed E-state index contributed by atoms with van der Waals surface area (Å²) in [6, 6.07) is 9.25. The summed E-state index contributed by atoms with van der Waals surface area (Å²) < 4.78 is 0. The van der Waals surface area contributed by atoms with Crippen LogP contribution in [0.25, 0.3) is 22.2 Å². The molecule has 1 saturated carbocycles. The molecule has 1 aliphatic heterocycles. The number of benzene rings is 1. The Kier molecular flexibility index (Phi) is 6.39. The summed E-state index contributed by atoms with van der Waals surface area (Å²) in [6.07, 6.45) is 11.0. The standard InChI is InChI=1S/C24H31ClN6/c25-21-15-29-24(31-23(21)20-14-28-22-4-2-1-3-19(20)22)30-18-7-5-17(6-8-18)27-13-16-9-11-26-12-10-16/h1-4,14-18,26-28H,5-13H2,(H,29,30,31). The number of halogens is 1. The summed E-state index contributed by atoms with van der Waals surface area (Å²) >= 11 is 6.47. The third-order valence-corrected chi connectivity index (χ3v) is 7.08. The fourth-order valence-electron chi connectivity index (χ4n) is 4.94. The highest BCUT2D eigenvalue weighted by molar-refractivity contribution is 6.33. The molecule has 31 heavy (non-hydrogen) atoms. The van der Waals surface area contributed by atoms with E-state index in [1.165, 1.54) is 45.3 Å². The maximum atomic E-state index is 6.47. The SMILES string of the molecule is Clc1cnc(NC2CCC(NCC3CCNCC3)CC2)nc1-c1c[nH]c2ccccc12. The van der Waals surface area contributed by atoms with Crippen LogP contribution in [-0.4, -0.2) is 46.7 Å². The van der Waals surface area contributed by atoms with Gasteiger partial charge >= 0.3 is 0 Å². The van der Waals surface area contributed by atoms with Crippen LogP contribution < -0.4 is 16.0 Å². The van der Waals surface area contributed by atoms with Gasteiger partial charge in [0.1, 0.15) is 0 Å². The first-order valence-corrected chi connectivity index (χ1v) is 11.9. The van der Waals surface area contributed by atoms with Crippen molar-refractivity contribution in [3.05, 3.63) is 41.7 Å². The van der Waals surface area contributed by atoms with Gasteiger partial charge in [0.15, 0.2) is 0 Å². The normalized spacial score (nSPS) is 22.6. The van der Waals surface area contributed by atoms with E-state index in [0.29, 0.717) is 23.1 Å². The van der Waals surface area contributed by atoms with E-state index in [1.807, 2.05) is 18.3 Å². The minimum absolute atomic E-state index is 0.411. The third-order valence-electron chi connectivity index (χ3n) is 6.80. The van der Waals surface area contributed by atoms with Crippen LogP contribution in [0.2, 0.25) is 5.02 Å². The summed E-state index contributed by atoms with van der Waals surface area (Å²) in [4.78, 5) is 12.5. The van der Waals surface area contributed by atoms with Crippen molar-refractivity contribution >= 4 is 28.5 Å². The lowest BCUT2D eigenvalue weighted by Crippen LogP contribution is -2.41. The minimum atomic E-state index is 0.411. The maximum Gasteiger partial charge on any atom is 0.223 e. The molecule has 3 aromatic rings. The topological polar surface area (TPSA) is 77.7 Å². The Balaban J connectivity index is 1.19. The molecule has 164 valence electrons. The molecule has 1 aliphatic carbocycles. The second-order valence-electron chi connectivity index (χ2n) is 8.93. The highest BCUT2D eigenvalue weighted by Crippen LogP contribution is 2.32. The van der Waals surface area contributed by atoms with Crippen molar-refractivity contribution in [2.75, 3.05) is 25.0 Å². The van der Waals surface area contributed by atoms with Crippen molar-refractivity contribution in [1.29, 1.82) is 0 Å². The summed E-state index contributed by atoms with van der Waals surface area (Å²) in [6.45, 7) is 3.51. The first-order chi connectivity index (χ1) is 15.3. The van der Waals surface area contributed by atoms with Crippen LogP contribution in [0.4, 0.5) is 5.95 Å². The monoisotopic (exact) mass is 438 g/mol. The molecule has 2 aliphatic rings. The summed E-state index contributed by atoms with van der Waals surface area (Å²) in [7, 11) is 0. The second kappa shape index (κ2) is 9.55. The van der Waals surface area contributed by atoms with Crippen LogP contribution in [0.3, 0.4) is 0 Å². The number of nitrogens with one attached hydrogen (secondary N) is 4. The molecule has 0 amide bonds. The van der Waals surface area contributed by atoms with Crippen LogP contribution in [0.1, 0.15) is 38.5 Å². The Morgan fingerprint density at radius 2 is 1.77 bits per heavy atom. The van der Waals surface area contributed by atoms with Crippen LogP contribution in [0.15, 0.2) is 36.7 Å². The van der Waals surface area contributed by atoms with E-state index in [9.17, 15) is 0 Å². The van der Waals surface area contributed by atoms with Gasteiger partial charge in [-0.2, -0.15) is 0 Å². The minimum Gasteiger partial charge on any atom is -0.360 e. The summed E-state index contributed by atoms with van der Waals surface area (Å²) in [5, 5.41) is 12.5. The summed E-state index contributed by atoms with van der Waals surface area (Å²) in [5.74, 6) is 1.50. The van der Waals surface area contributed by atoms with Crippen LogP contribution in [0, 0.1) is 5.92 Å². The molecule has 4 N–H and O–H groups in total. The molecule has 2 fully saturated rings. The van der Waals surface area contributed by atoms with Crippen LogP contribution in [-0.2, 0) is 0 Å². The molecule has 0 radical (unpaired) electrons. The average molecular weight is 439 g/mol. The Hall–Kier alpha value is -2.15. The molecule has 3 heterocycles. The Bertz CT molecular complexity index is 1000. The zero-order valence-corrected chi connectivity index (χ0v) is 18.6. The maximum absolute atomic E-state index is 6.47. The first kappa shape index (κ1) is 20.7. The number of aromatic nitrogens is 3. The number of rotatable bonds is 6. The molecular weight excluding hydrogens is 408 g/mol. The van der Waals surface area contributed by atoms with Crippen molar-refractivity contribution in [2.45, 2.75) is 50.6 Å². The van der Waals surface area contributed by atoms with E-state index in [2.05, 4.69) is 38.1 Å². The lowest BCUT2D eigenvalue weighted by molar-refractivity contribution is 0.301. The molecule has 1 saturated heterocycles. The fourth-order valence-corrected chi connectivity index (χ4v) is 5.13. The number of piperidine rings is 1. The molecule has 0 spiro atoms. The molecule has 2 aromatic heterocycles. The Labute approximate surface area is 188 Å². The Morgan fingerprint density at radius 1 is 1.00 bits per heavy atom. The molecule has 7 heteroatoms. The first-order valence-electron chi connectivity index (χ1n) is 11.6. The lowest BCUT2D eigenvalue weighted by atomic mass is 9.90. The van der Waals surface area contributed by atoms with Crippen molar-refractivity contribution in [3.63, 3.8) is 0 Å². The van der Waals surface area contributed by atoms with Crippen molar-refractivity contribution in [3.8, 4) is 11.3 Å².